The van der Waals surface area contributed by atoms with Gasteiger partial charge in [0, 0.05) is 5.56 Å². The van der Waals surface area contributed by atoms with E-state index in [1.807, 2.05) is 19.2 Å². The van der Waals surface area contributed by atoms with E-state index in [0.29, 0.717) is 24.6 Å². The van der Waals surface area contributed by atoms with Crippen LogP contribution in [0.3, 0.4) is 0 Å². The van der Waals surface area contributed by atoms with Crippen molar-refractivity contribution in [1.29, 1.82) is 0 Å². The molecule has 9 heteroatoms. The first kappa shape index (κ1) is 30.2. The van der Waals surface area contributed by atoms with Crippen LogP contribution in [0.5, 0.6) is 0 Å². The quantitative estimate of drug-likeness (QED) is 0.329. The molecule has 0 aliphatic carbocycles. The summed E-state index contributed by atoms with van der Waals surface area (Å²) in [5.74, 6) is 0.0162. The van der Waals surface area contributed by atoms with E-state index in [-0.39, 0.29) is 24.8 Å². The largest absolute Gasteiger partial charge is 1.00 e. The number of benzene rings is 1. The molecule has 1 unspecified atom stereocenters. The van der Waals surface area contributed by atoms with Crippen molar-refractivity contribution < 1.29 is 57.7 Å². The van der Waals surface area contributed by atoms with Crippen molar-refractivity contribution in [2.75, 3.05) is 32.8 Å². The van der Waals surface area contributed by atoms with Crippen LogP contribution in [0.25, 0.3) is 0 Å². The molecule has 1 atom stereocenters. The molecule has 0 heterocycles. The zero-order chi connectivity index (χ0) is 20.4. The van der Waals surface area contributed by atoms with Gasteiger partial charge in [0.2, 0.25) is 6.04 Å². The van der Waals surface area contributed by atoms with Gasteiger partial charge in [-0.2, -0.15) is 13.2 Å². The summed E-state index contributed by atoms with van der Waals surface area (Å²) in [5.41, 5.74) is -0.183. The standard InChI is InChI=1S/C20H31F3N2O2.2ClH/c1-5-25(6-2)13-12-24-18(19(26)27-14-11-15(3)4)16-7-9-17(10-8-16)20(21,22)23;;/h7-10,15,18,24H,5-6,11-14H2,1-4H3;2*1H. The van der Waals surface area contributed by atoms with Gasteiger partial charge < -0.3 is 39.8 Å². The molecular weight excluding hydrogens is 428 g/mol. The van der Waals surface area contributed by atoms with Crippen molar-refractivity contribution in [3.05, 3.63) is 35.4 Å². The second-order valence-corrected chi connectivity index (χ2v) is 7.18. The predicted molar refractivity (Wildman–Crippen MR) is 98.3 cm³/mol. The molecule has 29 heavy (non-hydrogen) atoms. The highest BCUT2D eigenvalue weighted by Gasteiger charge is 2.32. The van der Waals surface area contributed by atoms with Gasteiger partial charge in [0.05, 0.1) is 25.3 Å². The number of rotatable bonds is 11. The molecule has 0 amide bonds. The molecule has 0 saturated heterocycles. The molecule has 0 bridgehead atoms. The number of ether oxygens (including phenoxy) is 1. The lowest BCUT2D eigenvalue weighted by Gasteiger charge is -2.19. The first-order chi connectivity index (χ1) is 12.7. The highest BCUT2D eigenvalue weighted by molar-refractivity contribution is 5.76. The van der Waals surface area contributed by atoms with Gasteiger partial charge >= 0.3 is 12.1 Å². The highest BCUT2D eigenvalue weighted by Crippen LogP contribution is 2.29. The van der Waals surface area contributed by atoms with E-state index in [4.69, 9.17) is 4.74 Å². The maximum absolute atomic E-state index is 12.8. The van der Waals surface area contributed by atoms with Gasteiger partial charge in [-0.15, -0.1) is 0 Å². The lowest BCUT2D eigenvalue weighted by Crippen LogP contribution is -3.14. The summed E-state index contributed by atoms with van der Waals surface area (Å²) in [7, 11) is 0. The number of alkyl halides is 3. The molecule has 4 nitrogen and oxygen atoms in total. The molecule has 0 fully saturated rings. The second-order valence-electron chi connectivity index (χ2n) is 7.18. The van der Waals surface area contributed by atoms with Crippen LogP contribution in [-0.2, 0) is 15.7 Å². The molecule has 0 spiro atoms. The molecule has 0 aliphatic rings. The molecule has 3 N–H and O–H groups in total. The molecular formula is C20H33Cl2F3N2O2. The van der Waals surface area contributed by atoms with Crippen molar-refractivity contribution >= 4 is 5.97 Å². The lowest BCUT2D eigenvalue weighted by atomic mass is 10.0. The number of halogens is 5. The van der Waals surface area contributed by atoms with Crippen LogP contribution in [-0.4, -0.2) is 38.8 Å². The molecule has 1 aromatic rings. The van der Waals surface area contributed by atoms with Crippen molar-refractivity contribution in [3.63, 3.8) is 0 Å². The first-order valence-corrected chi connectivity index (χ1v) is 9.69. The number of hydrogen-bond donors (Lipinski definition) is 2. The van der Waals surface area contributed by atoms with Crippen LogP contribution in [0.4, 0.5) is 13.2 Å². The first-order valence-electron chi connectivity index (χ1n) is 9.69. The molecule has 0 aliphatic heterocycles. The Kier molecular flexibility index (Phi) is 15.5. The number of nitrogens with two attached hydrogens (primary N) is 1. The maximum atomic E-state index is 12.8. The van der Waals surface area contributed by atoms with E-state index in [2.05, 4.69) is 13.8 Å². The fourth-order valence-electron chi connectivity index (χ4n) is 2.79. The summed E-state index contributed by atoms with van der Waals surface area (Å²) < 4.78 is 43.7. The van der Waals surface area contributed by atoms with Crippen molar-refractivity contribution in [3.8, 4) is 0 Å². The van der Waals surface area contributed by atoms with Gasteiger partial charge in [-0.05, 0) is 38.3 Å². The summed E-state index contributed by atoms with van der Waals surface area (Å²) in [4.78, 5) is 13.9. The summed E-state index contributed by atoms with van der Waals surface area (Å²) >= 11 is 0. The molecule has 0 saturated carbocycles. The lowest BCUT2D eigenvalue weighted by molar-refractivity contribution is -0.910. The van der Waals surface area contributed by atoms with E-state index < -0.39 is 23.8 Å². The molecule has 1 aromatic carbocycles. The Hall–Kier alpha value is -1.02. The van der Waals surface area contributed by atoms with Crippen LogP contribution in [0.15, 0.2) is 24.3 Å². The van der Waals surface area contributed by atoms with Gasteiger partial charge in [-0.25, -0.2) is 4.79 Å². The average Bonchev–Trinajstić information content (AvgIpc) is 2.61. The summed E-state index contributed by atoms with van der Waals surface area (Å²) in [6, 6.07) is 4.14. The Morgan fingerprint density at radius 1 is 1.10 bits per heavy atom. The molecule has 0 aromatic heterocycles. The minimum Gasteiger partial charge on any atom is -1.00 e. The summed E-state index contributed by atoms with van der Waals surface area (Å²) in [6.45, 7) is 12.2. The fourth-order valence-corrected chi connectivity index (χ4v) is 2.79. The van der Waals surface area contributed by atoms with Crippen LogP contribution >= 0.6 is 0 Å². The maximum Gasteiger partial charge on any atom is 0.416 e. The summed E-state index contributed by atoms with van der Waals surface area (Å²) in [6.07, 6.45) is -3.63. The number of hydrogen-bond acceptors (Lipinski definition) is 2. The van der Waals surface area contributed by atoms with Gasteiger partial charge in [0.1, 0.15) is 13.1 Å². The molecule has 1 rings (SSSR count). The topological polar surface area (TPSA) is 47.4 Å². The van der Waals surface area contributed by atoms with Gasteiger partial charge in [-0.3, -0.25) is 0 Å². The Labute approximate surface area is 184 Å². The van der Waals surface area contributed by atoms with E-state index in [1.165, 1.54) is 17.0 Å². The number of carbonyl (C=O) groups excluding carboxylic acids is 1. The predicted octanol–water partition coefficient (Wildman–Crippen LogP) is -4.17. The number of quaternary nitrogens is 2. The van der Waals surface area contributed by atoms with Crippen LogP contribution in [0.1, 0.15) is 51.3 Å². The number of likely N-dealkylation sites (N-methyl/N-ethyl adjacent to an activating group) is 1. The van der Waals surface area contributed by atoms with E-state index >= 15 is 0 Å². The van der Waals surface area contributed by atoms with E-state index in [1.54, 1.807) is 0 Å². The van der Waals surface area contributed by atoms with Crippen LogP contribution in [0, 0.1) is 5.92 Å². The second kappa shape index (κ2) is 14.9. The van der Waals surface area contributed by atoms with Gasteiger partial charge in [0.25, 0.3) is 0 Å². The smallest absolute Gasteiger partial charge is 0.416 e. The zero-order valence-electron chi connectivity index (χ0n) is 17.5. The third-order valence-corrected chi connectivity index (χ3v) is 4.69. The molecule has 0 radical (unpaired) electrons. The third-order valence-electron chi connectivity index (χ3n) is 4.69. The zero-order valence-corrected chi connectivity index (χ0v) is 19.0. The Morgan fingerprint density at radius 3 is 2.10 bits per heavy atom. The van der Waals surface area contributed by atoms with Crippen LogP contribution < -0.4 is 35.0 Å². The van der Waals surface area contributed by atoms with Gasteiger partial charge in [-0.1, -0.05) is 26.0 Å². The minimum absolute atomic E-state index is 0. The normalized spacial score (nSPS) is 12.3. The Bertz CT molecular complexity index is 566. The minimum atomic E-state index is -4.39. The van der Waals surface area contributed by atoms with Crippen molar-refractivity contribution in [1.82, 2.24) is 0 Å². The average molecular weight is 461 g/mol. The fraction of sp³-hybridized carbons (Fsp3) is 0.650. The van der Waals surface area contributed by atoms with Gasteiger partial charge in [0.15, 0.2) is 0 Å². The highest BCUT2D eigenvalue weighted by atomic mass is 35.5. The van der Waals surface area contributed by atoms with E-state index in [9.17, 15) is 18.0 Å². The Balaban J connectivity index is 0. The van der Waals surface area contributed by atoms with Crippen molar-refractivity contribution in [2.45, 2.75) is 46.3 Å². The SMILES string of the molecule is CC[NH+](CC)CC[NH2+]C(C(=O)OCCC(C)C)c1ccc(C(F)(F)F)cc1.[Cl-].[Cl-]. The van der Waals surface area contributed by atoms with Crippen LogP contribution in [0.2, 0.25) is 0 Å². The number of esters is 1. The number of carbonyl (C=O) groups is 1. The van der Waals surface area contributed by atoms with E-state index in [0.717, 1.165) is 38.2 Å². The third kappa shape index (κ3) is 11.1. The monoisotopic (exact) mass is 460 g/mol. The number of nitrogens with one attached hydrogen (secondary N) is 1. The Morgan fingerprint density at radius 2 is 1.66 bits per heavy atom. The van der Waals surface area contributed by atoms with Crippen molar-refractivity contribution in [2.24, 2.45) is 5.92 Å². The summed E-state index contributed by atoms with van der Waals surface area (Å²) in [5, 5.41) is 1.87. The molecule has 170 valence electrons.